The molecule has 0 aliphatic heterocycles. The van der Waals surface area contributed by atoms with Gasteiger partial charge in [-0.2, -0.15) is 0 Å². The van der Waals surface area contributed by atoms with Crippen molar-refractivity contribution in [3.05, 3.63) is 46.4 Å². The molecule has 2 aromatic carbocycles. The SMILES string of the molecule is COc1ccc(Br)c(CS(=O)c2cc(OC)ccc2N)c1. The van der Waals surface area contributed by atoms with Gasteiger partial charge in [-0.25, -0.2) is 0 Å². The van der Waals surface area contributed by atoms with Gasteiger partial charge in [0.25, 0.3) is 0 Å². The summed E-state index contributed by atoms with van der Waals surface area (Å²) in [5.74, 6) is 1.70. The van der Waals surface area contributed by atoms with Crippen molar-refractivity contribution in [1.82, 2.24) is 0 Å². The molecule has 0 aliphatic rings. The highest BCUT2D eigenvalue weighted by atomic mass is 79.9. The molecule has 0 heterocycles. The van der Waals surface area contributed by atoms with Crippen LogP contribution in [-0.2, 0) is 16.6 Å². The van der Waals surface area contributed by atoms with E-state index in [1.54, 1.807) is 32.4 Å². The second-order valence-corrected chi connectivity index (χ2v) is 6.62. The van der Waals surface area contributed by atoms with Crippen LogP contribution in [0.2, 0.25) is 0 Å². The smallest absolute Gasteiger partial charge is 0.120 e. The predicted molar refractivity (Wildman–Crippen MR) is 88.2 cm³/mol. The Labute approximate surface area is 134 Å². The summed E-state index contributed by atoms with van der Waals surface area (Å²) >= 11 is 3.46. The van der Waals surface area contributed by atoms with Gasteiger partial charge in [-0.3, -0.25) is 4.21 Å². The van der Waals surface area contributed by atoms with Crippen molar-refractivity contribution in [3.63, 3.8) is 0 Å². The molecule has 0 spiro atoms. The fourth-order valence-electron chi connectivity index (χ4n) is 1.85. The third kappa shape index (κ3) is 3.77. The summed E-state index contributed by atoms with van der Waals surface area (Å²) in [7, 11) is 1.90. The van der Waals surface area contributed by atoms with Crippen LogP contribution >= 0.6 is 15.9 Å². The molecule has 21 heavy (non-hydrogen) atoms. The Morgan fingerprint density at radius 3 is 2.38 bits per heavy atom. The van der Waals surface area contributed by atoms with E-state index in [-0.39, 0.29) is 0 Å². The Morgan fingerprint density at radius 1 is 1.10 bits per heavy atom. The second kappa shape index (κ2) is 6.95. The summed E-state index contributed by atoms with van der Waals surface area (Å²) in [5.41, 5.74) is 7.30. The Bertz CT molecular complexity index is 676. The topological polar surface area (TPSA) is 61.5 Å². The lowest BCUT2D eigenvalue weighted by Crippen LogP contribution is -2.02. The van der Waals surface area contributed by atoms with Gasteiger partial charge in [-0.05, 0) is 42.0 Å². The molecule has 0 saturated carbocycles. The lowest BCUT2D eigenvalue weighted by molar-refractivity contribution is 0.413. The van der Waals surface area contributed by atoms with Gasteiger partial charge >= 0.3 is 0 Å². The number of nitrogens with two attached hydrogens (primary N) is 1. The van der Waals surface area contributed by atoms with Crippen LogP contribution in [0, 0.1) is 0 Å². The van der Waals surface area contributed by atoms with Crippen LogP contribution in [0.25, 0.3) is 0 Å². The molecule has 0 bridgehead atoms. The first-order chi connectivity index (χ1) is 10.0. The average Bonchev–Trinajstić information content (AvgIpc) is 2.49. The number of hydrogen-bond donors (Lipinski definition) is 1. The van der Waals surface area contributed by atoms with Crippen molar-refractivity contribution >= 4 is 32.4 Å². The summed E-state index contributed by atoms with van der Waals surface area (Å²) in [4.78, 5) is 0.573. The number of hydrogen-bond acceptors (Lipinski definition) is 4. The van der Waals surface area contributed by atoms with Gasteiger partial charge in [0.1, 0.15) is 11.5 Å². The fraction of sp³-hybridized carbons (Fsp3) is 0.200. The number of methoxy groups -OCH3 is 2. The van der Waals surface area contributed by atoms with E-state index in [1.165, 1.54) is 0 Å². The quantitative estimate of drug-likeness (QED) is 0.820. The van der Waals surface area contributed by atoms with Crippen molar-refractivity contribution in [2.45, 2.75) is 10.6 Å². The molecule has 0 fully saturated rings. The maximum atomic E-state index is 12.6. The fourth-order valence-corrected chi connectivity index (χ4v) is 3.67. The number of rotatable bonds is 5. The Hall–Kier alpha value is -1.53. The van der Waals surface area contributed by atoms with Crippen LogP contribution in [-0.4, -0.2) is 18.4 Å². The molecular weight excluding hydrogens is 354 g/mol. The Kier molecular flexibility index (Phi) is 5.25. The van der Waals surface area contributed by atoms with E-state index in [9.17, 15) is 4.21 Å². The monoisotopic (exact) mass is 369 g/mol. The summed E-state index contributed by atoms with van der Waals surface area (Å²) in [6.07, 6.45) is 0. The van der Waals surface area contributed by atoms with Gasteiger partial charge in [0, 0.05) is 10.2 Å². The van der Waals surface area contributed by atoms with E-state index in [1.807, 2.05) is 18.2 Å². The highest BCUT2D eigenvalue weighted by Crippen LogP contribution is 2.28. The maximum absolute atomic E-state index is 12.6. The minimum atomic E-state index is -1.27. The molecule has 0 aromatic heterocycles. The first kappa shape index (κ1) is 15.9. The van der Waals surface area contributed by atoms with Crippen LogP contribution < -0.4 is 15.2 Å². The van der Waals surface area contributed by atoms with Crippen molar-refractivity contribution in [2.24, 2.45) is 0 Å². The predicted octanol–water partition coefficient (Wildman–Crippen LogP) is 3.36. The van der Waals surface area contributed by atoms with E-state index in [4.69, 9.17) is 15.2 Å². The zero-order valence-corrected chi connectivity index (χ0v) is 14.2. The molecule has 0 amide bonds. The number of benzene rings is 2. The summed E-state index contributed by atoms with van der Waals surface area (Å²) in [6, 6.07) is 10.7. The largest absolute Gasteiger partial charge is 0.497 e. The van der Waals surface area contributed by atoms with Crippen LogP contribution in [0.3, 0.4) is 0 Å². The van der Waals surface area contributed by atoms with Crippen LogP contribution in [0.1, 0.15) is 5.56 Å². The van der Waals surface area contributed by atoms with Crippen LogP contribution in [0.5, 0.6) is 11.5 Å². The van der Waals surface area contributed by atoms with Crippen molar-refractivity contribution < 1.29 is 13.7 Å². The van der Waals surface area contributed by atoms with Crippen molar-refractivity contribution in [1.29, 1.82) is 0 Å². The molecule has 1 unspecified atom stereocenters. The molecule has 0 aliphatic carbocycles. The van der Waals surface area contributed by atoms with Gasteiger partial charge in [0.15, 0.2) is 0 Å². The highest BCUT2D eigenvalue weighted by molar-refractivity contribution is 9.10. The molecule has 6 heteroatoms. The first-order valence-electron chi connectivity index (χ1n) is 6.19. The Morgan fingerprint density at radius 2 is 1.71 bits per heavy atom. The molecule has 4 nitrogen and oxygen atoms in total. The van der Waals surface area contributed by atoms with E-state index in [0.29, 0.717) is 22.1 Å². The van der Waals surface area contributed by atoms with Crippen LogP contribution in [0.4, 0.5) is 5.69 Å². The standard InChI is InChI=1S/C15H16BrNO3S/c1-19-11-3-5-13(16)10(7-11)9-21(18)15-8-12(20-2)4-6-14(15)17/h3-8H,9,17H2,1-2H3. The molecule has 1 atom stereocenters. The lowest BCUT2D eigenvalue weighted by Gasteiger charge is -2.10. The minimum Gasteiger partial charge on any atom is -0.497 e. The van der Waals surface area contributed by atoms with E-state index in [0.717, 1.165) is 15.8 Å². The summed E-state index contributed by atoms with van der Waals surface area (Å²) < 4.78 is 23.8. The van der Waals surface area contributed by atoms with E-state index < -0.39 is 10.8 Å². The normalized spacial score (nSPS) is 12.0. The minimum absolute atomic E-state index is 0.342. The summed E-state index contributed by atoms with van der Waals surface area (Å²) in [6.45, 7) is 0. The molecule has 2 N–H and O–H groups in total. The average molecular weight is 370 g/mol. The van der Waals surface area contributed by atoms with Gasteiger partial charge in [0.05, 0.1) is 35.7 Å². The van der Waals surface area contributed by atoms with Gasteiger partial charge in [-0.1, -0.05) is 15.9 Å². The van der Waals surface area contributed by atoms with Gasteiger partial charge in [0.2, 0.25) is 0 Å². The van der Waals surface area contributed by atoms with Gasteiger partial charge in [-0.15, -0.1) is 0 Å². The molecule has 2 aromatic rings. The molecule has 0 saturated heterocycles. The second-order valence-electron chi connectivity index (χ2n) is 4.35. The number of anilines is 1. The van der Waals surface area contributed by atoms with Gasteiger partial charge < -0.3 is 15.2 Å². The third-order valence-electron chi connectivity index (χ3n) is 3.01. The molecule has 0 radical (unpaired) electrons. The van der Waals surface area contributed by atoms with E-state index in [2.05, 4.69) is 15.9 Å². The number of halogens is 1. The number of nitrogen functional groups attached to an aromatic ring is 1. The molecule has 112 valence electrons. The number of ether oxygens (including phenoxy) is 2. The molecule has 2 rings (SSSR count). The zero-order chi connectivity index (χ0) is 15.4. The third-order valence-corrected chi connectivity index (χ3v) is 5.20. The van der Waals surface area contributed by atoms with E-state index >= 15 is 0 Å². The maximum Gasteiger partial charge on any atom is 0.120 e. The molecular formula is C15H16BrNO3S. The summed E-state index contributed by atoms with van der Waals surface area (Å²) in [5, 5.41) is 0. The highest BCUT2D eigenvalue weighted by Gasteiger charge is 2.13. The Balaban J connectivity index is 2.29. The lowest BCUT2D eigenvalue weighted by atomic mass is 10.2. The van der Waals surface area contributed by atoms with Crippen molar-refractivity contribution in [3.8, 4) is 11.5 Å². The van der Waals surface area contributed by atoms with Crippen LogP contribution in [0.15, 0.2) is 45.8 Å². The zero-order valence-electron chi connectivity index (χ0n) is 11.8. The van der Waals surface area contributed by atoms with Crippen molar-refractivity contribution in [2.75, 3.05) is 20.0 Å². The first-order valence-corrected chi connectivity index (χ1v) is 8.30.